The van der Waals surface area contributed by atoms with E-state index in [0.717, 1.165) is 5.56 Å². The monoisotopic (exact) mass is 242 g/mol. The maximum atomic E-state index is 3.91. The molecule has 0 aliphatic heterocycles. The third-order valence-corrected chi connectivity index (χ3v) is 4.09. The summed E-state index contributed by atoms with van der Waals surface area (Å²) in [5.41, 5.74) is 2.41. The minimum Gasteiger partial charge on any atom is -0.285 e. The lowest BCUT2D eigenvalue weighted by atomic mass is 10.2. The van der Waals surface area contributed by atoms with Crippen LogP contribution in [-0.2, 0) is 0 Å². The van der Waals surface area contributed by atoms with Crippen molar-refractivity contribution in [1.29, 1.82) is 0 Å². The van der Waals surface area contributed by atoms with Crippen LogP contribution in [0.5, 0.6) is 0 Å². The molecule has 2 aromatic heterocycles. The van der Waals surface area contributed by atoms with E-state index in [9.17, 15) is 0 Å². The van der Waals surface area contributed by atoms with E-state index in [1.54, 1.807) is 11.3 Å². The van der Waals surface area contributed by atoms with Crippen molar-refractivity contribution in [3.63, 3.8) is 0 Å². The molecule has 0 radical (unpaired) electrons. The lowest BCUT2D eigenvalue weighted by molar-refractivity contribution is 1.09. The largest absolute Gasteiger partial charge is 0.285 e. The molecule has 0 unspecified atom stereocenters. The van der Waals surface area contributed by atoms with Crippen LogP contribution in [0.4, 0.5) is 0 Å². The smallest absolute Gasteiger partial charge is 0.0574 e. The quantitative estimate of drug-likeness (QED) is 0.818. The molecule has 2 heterocycles. The first kappa shape index (κ1) is 8.01. The fraction of sp³-hybridized carbons (Fsp3) is 0.125. The van der Waals surface area contributed by atoms with Crippen LogP contribution in [0.3, 0.4) is 0 Å². The molecule has 4 heteroatoms. The van der Waals surface area contributed by atoms with Crippen LogP contribution >= 0.6 is 27.3 Å². The first-order valence-electron chi connectivity index (χ1n) is 3.52. The Morgan fingerprint density at radius 3 is 2.92 bits per heavy atom. The van der Waals surface area contributed by atoms with Gasteiger partial charge >= 0.3 is 0 Å². The zero-order valence-electron chi connectivity index (χ0n) is 6.47. The molecular weight excluding hydrogens is 236 g/mol. The molecule has 2 rings (SSSR count). The third kappa shape index (κ3) is 1.21. The average molecular weight is 243 g/mol. The van der Waals surface area contributed by atoms with Gasteiger partial charge in [-0.1, -0.05) is 0 Å². The molecule has 0 saturated carbocycles. The van der Waals surface area contributed by atoms with E-state index in [1.165, 1.54) is 14.9 Å². The van der Waals surface area contributed by atoms with Crippen LogP contribution in [-0.4, -0.2) is 10.2 Å². The maximum absolute atomic E-state index is 3.91. The van der Waals surface area contributed by atoms with E-state index in [1.807, 2.05) is 12.4 Å². The molecule has 0 saturated heterocycles. The second-order valence-corrected chi connectivity index (χ2v) is 4.22. The number of aryl methyl sites for hydroxylation is 1. The summed E-state index contributed by atoms with van der Waals surface area (Å²) in [5.74, 6) is 0. The number of nitrogens with zero attached hydrogens (tertiary/aromatic N) is 1. The molecule has 0 aliphatic rings. The molecule has 0 amide bonds. The Morgan fingerprint density at radius 1 is 1.58 bits per heavy atom. The number of halogens is 1. The third-order valence-electron chi connectivity index (χ3n) is 1.66. The summed E-state index contributed by atoms with van der Waals surface area (Å²) in [5, 5.41) is 8.84. The van der Waals surface area contributed by atoms with Crippen molar-refractivity contribution < 1.29 is 0 Å². The summed E-state index contributed by atoms with van der Waals surface area (Å²) in [7, 11) is 0. The van der Waals surface area contributed by atoms with Crippen molar-refractivity contribution in [2.24, 2.45) is 0 Å². The predicted octanol–water partition coefficient (Wildman–Crippen LogP) is 3.21. The molecule has 0 fully saturated rings. The van der Waals surface area contributed by atoms with Gasteiger partial charge in [0.25, 0.3) is 0 Å². The average Bonchev–Trinajstić information content (AvgIpc) is 2.64. The highest BCUT2D eigenvalue weighted by atomic mass is 79.9. The van der Waals surface area contributed by atoms with Gasteiger partial charge in [-0.2, -0.15) is 5.10 Å². The van der Waals surface area contributed by atoms with Crippen molar-refractivity contribution in [1.82, 2.24) is 10.2 Å². The Balaban J connectivity index is 2.55. The minimum atomic E-state index is 1.14. The van der Waals surface area contributed by atoms with Crippen LogP contribution in [0.1, 0.15) is 5.56 Å². The van der Waals surface area contributed by atoms with Crippen molar-refractivity contribution in [2.75, 3.05) is 0 Å². The molecule has 0 atom stereocenters. The van der Waals surface area contributed by atoms with E-state index in [0.29, 0.717) is 0 Å². The topological polar surface area (TPSA) is 28.7 Å². The van der Waals surface area contributed by atoms with Gasteiger partial charge in [0, 0.05) is 16.2 Å². The van der Waals surface area contributed by atoms with Gasteiger partial charge in [0.1, 0.15) is 0 Å². The molecule has 62 valence electrons. The minimum absolute atomic E-state index is 1.14. The molecule has 0 spiro atoms. The molecule has 0 aliphatic carbocycles. The number of hydrogen-bond donors (Lipinski definition) is 1. The zero-order valence-corrected chi connectivity index (χ0v) is 8.87. The van der Waals surface area contributed by atoms with Gasteiger partial charge in [-0.05, 0) is 33.8 Å². The Labute approximate surface area is 82.8 Å². The fourth-order valence-electron chi connectivity index (χ4n) is 1.000. The number of aromatic amines is 1. The van der Waals surface area contributed by atoms with Crippen molar-refractivity contribution in [3.8, 4) is 10.4 Å². The summed E-state index contributed by atoms with van der Waals surface area (Å²) >= 11 is 5.27. The first-order chi connectivity index (χ1) is 5.79. The Kier molecular flexibility index (Phi) is 2.02. The summed E-state index contributed by atoms with van der Waals surface area (Å²) in [4.78, 5) is 1.24. The lowest BCUT2D eigenvalue weighted by Crippen LogP contribution is -1.68. The van der Waals surface area contributed by atoms with E-state index in [4.69, 9.17) is 0 Å². The van der Waals surface area contributed by atoms with Gasteiger partial charge in [-0.15, -0.1) is 11.3 Å². The second kappa shape index (κ2) is 3.03. The van der Waals surface area contributed by atoms with Gasteiger partial charge in [-0.3, -0.25) is 5.10 Å². The molecular formula is C8H7BrN2S. The number of nitrogens with one attached hydrogen (secondary N) is 1. The maximum Gasteiger partial charge on any atom is 0.0574 e. The highest BCUT2D eigenvalue weighted by molar-refractivity contribution is 9.10. The second-order valence-electron chi connectivity index (χ2n) is 2.55. The lowest BCUT2D eigenvalue weighted by Gasteiger charge is -1.91. The molecule has 2 nitrogen and oxygen atoms in total. The first-order valence-corrected chi connectivity index (χ1v) is 5.19. The van der Waals surface area contributed by atoms with Crippen molar-refractivity contribution >= 4 is 27.3 Å². The number of H-pyrrole nitrogens is 1. The molecule has 12 heavy (non-hydrogen) atoms. The van der Waals surface area contributed by atoms with Gasteiger partial charge in [0.05, 0.1) is 11.1 Å². The van der Waals surface area contributed by atoms with Gasteiger partial charge < -0.3 is 0 Å². The number of hydrogen-bond acceptors (Lipinski definition) is 2. The van der Waals surface area contributed by atoms with Gasteiger partial charge in [-0.25, -0.2) is 0 Å². The number of aromatic nitrogens is 2. The summed E-state index contributed by atoms with van der Waals surface area (Å²) in [6, 6.07) is 0. The SMILES string of the molecule is Cc1csc(-c2cn[nH]c2)c1Br. The standard InChI is InChI=1S/C8H7BrN2S/c1-5-4-12-8(7(5)9)6-2-10-11-3-6/h2-4H,1H3,(H,10,11). The summed E-state index contributed by atoms with van der Waals surface area (Å²) in [6.07, 6.45) is 3.73. The molecule has 2 aromatic rings. The summed E-state index contributed by atoms with van der Waals surface area (Å²) < 4.78 is 1.17. The van der Waals surface area contributed by atoms with Crippen LogP contribution in [0.25, 0.3) is 10.4 Å². The van der Waals surface area contributed by atoms with Crippen LogP contribution < -0.4 is 0 Å². The highest BCUT2D eigenvalue weighted by Gasteiger charge is 2.07. The van der Waals surface area contributed by atoms with E-state index in [2.05, 4.69) is 38.4 Å². The van der Waals surface area contributed by atoms with E-state index < -0.39 is 0 Å². The fourth-order valence-corrected chi connectivity index (χ4v) is 2.70. The van der Waals surface area contributed by atoms with Crippen LogP contribution in [0.2, 0.25) is 0 Å². The molecule has 0 bridgehead atoms. The number of rotatable bonds is 1. The molecule has 1 N–H and O–H groups in total. The predicted molar refractivity (Wildman–Crippen MR) is 54.3 cm³/mol. The highest BCUT2D eigenvalue weighted by Crippen LogP contribution is 2.35. The van der Waals surface area contributed by atoms with Crippen LogP contribution in [0.15, 0.2) is 22.2 Å². The van der Waals surface area contributed by atoms with Gasteiger partial charge in [0.15, 0.2) is 0 Å². The zero-order chi connectivity index (χ0) is 8.55. The number of thiophene rings is 1. The molecule has 0 aromatic carbocycles. The van der Waals surface area contributed by atoms with E-state index in [-0.39, 0.29) is 0 Å². The van der Waals surface area contributed by atoms with Crippen LogP contribution in [0, 0.1) is 6.92 Å². The van der Waals surface area contributed by atoms with Crippen molar-refractivity contribution in [2.45, 2.75) is 6.92 Å². The Morgan fingerprint density at radius 2 is 2.42 bits per heavy atom. The van der Waals surface area contributed by atoms with Crippen molar-refractivity contribution in [3.05, 3.63) is 27.8 Å². The summed E-state index contributed by atoms with van der Waals surface area (Å²) in [6.45, 7) is 2.09. The van der Waals surface area contributed by atoms with E-state index >= 15 is 0 Å². The Hall–Kier alpha value is -0.610. The normalized spacial score (nSPS) is 10.5. The Bertz CT molecular complexity index is 378. The van der Waals surface area contributed by atoms with Gasteiger partial charge in [0.2, 0.25) is 0 Å².